The summed E-state index contributed by atoms with van der Waals surface area (Å²) in [5.41, 5.74) is 3.27. The van der Waals surface area contributed by atoms with E-state index >= 15 is 0 Å². The molecule has 8 nitrogen and oxygen atoms in total. The number of anilines is 1. The maximum absolute atomic E-state index is 13.6. The molecule has 0 heterocycles. The van der Waals surface area contributed by atoms with Crippen molar-refractivity contribution in [3.8, 4) is 11.5 Å². The Kier molecular flexibility index (Phi) is 7.48. The van der Waals surface area contributed by atoms with Gasteiger partial charge < -0.3 is 14.8 Å². The first kappa shape index (κ1) is 23.1. The fourth-order valence-electron chi connectivity index (χ4n) is 2.70. The average Bonchev–Trinajstić information content (AvgIpc) is 2.84. The van der Waals surface area contributed by atoms with Crippen LogP contribution in [0, 0.1) is 5.82 Å². The highest BCUT2D eigenvalue weighted by Crippen LogP contribution is 2.29. The average molecular weight is 449 g/mol. The molecule has 0 aromatic heterocycles. The van der Waals surface area contributed by atoms with Gasteiger partial charge in [-0.25, -0.2) is 14.6 Å². The molecule has 0 saturated heterocycles. The SMILES string of the molecule is COc1cc(/C(C)=N/NC(=O)C(=O)Nc2ccccc2F)ccc1OC(=O)c1ccccc1. The summed E-state index contributed by atoms with van der Waals surface area (Å²) in [5, 5.41) is 6.06. The molecule has 3 aromatic rings. The summed E-state index contributed by atoms with van der Waals surface area (Å²) in [7, 11) is 1.42. The number of esters is 1. The van der Waals surface area contributed by atoms with E-state index in [1.807, 2.05) is 0 Å². The maximum Gasteiger partial charge on any atom is 0.343 e. The van der Waals surface area contributed by atoms with Crippen molar-refractivity contribution in [2.45, 2.75) is 6.92 Å². The zero-order chi connectivity index (χ0) is 23.8. The topological polar surface area (TPSA) is 106 Å². The Morgan fingerprint density at radius 2 is 1.55 bits per heavy atom. The molecule has 0 aliphatic heterocycles. The number of benzene rings is 3. The van der Waals surface area contributed by atoms with Gasteiger partial charge in [-0.1, -0.05) is 30.3 Å². The largest absolute Gasteiger partial charge is 0.493 e. The summed E-state index contributed by atoms with van der Waals surface area (Å²) in [6.45, 7) is 1.60. The third kappa shape index (κ3) is 6.01. The molecular formula is C24H20FN3O5. The Bertz CT molecular complexity index is 1210. The molecule has 0 spiro atoms. The van der Waals surface area contributed by atoms with Gasteiger partial charge in [0, 0.05) is 5.56 Å². The number of para-hydroxylation sites is 1. The third-order valence-corrected chi connectivity index (χ3v) is 4.45. The van der Waals surface area contributed by atoms with Crippen molar-refractivity contribution < 1.29 is 28.2 Å². The van der Waals surface area contributed by atoms with Crippen LogP contribution in [0.5, 0.6) is 11.5 Å². The number of hydrogen-bond donors (Lipinski definition) is 2. The van der Waals surface area contributed by atoms with Crippen molar-refractivity contribution in [1.82, 2.24) is 5.43 Å². The lowest BCUT2D eigenvalue weighted by Crippen LogP contribution is -2.33. The number of hydrazone groups is 1. The zero-order valence-electron chi connectivity index (χ0n) is 17.8. The van der Waals surface area contributed by atoms with Crippen molar-refractivity contribution in [3.63, 3.8) is 0 Å². The minimum atomic E-state index is -1.07. The van der Waals surface area contributed by atoms with Crippen LogP contribution in [0.1, 0.15) is 22.8 Å². The predicted octanol–water partition coefficient (Wildman–Crippen LogP) is 3.53. The first-order valence-electron chi connectivity index (χ1n) is 9.75. The molecule has 0 fully saturated rings. The van der Waals surface area contributed by atoms with Crippen LogP contribution >= 0.6 is 0 Å². The lowest BCUT2D eigenvalue weighted by molar-refractivity contribution is -0.136. The number of ether oxygens (including phenoxy) is 2. The quantitative estimate of drug-likeness (QED) is 0.197. The summed E-state index contributed by atoms with van der Waals surface area (Å²) in [4.78, 5) is 36.2. The normalized spacial score (nSPS) is 10.8. The van der Waals surface area contributed by atoms with E-state index in [2.05, 4.69) is 15.8 Å². The number of nitrogens with one attached hydrogen (secondary N) is 2. The number of carbonyl (C=O) groups is 3. The number of rotatable bonds is 6. The molecule has 0 aliphatic rings. The van der Waals surface area contributed by atoms with Gasteiger partial charge in [0.15, 0.2) is 11.5 Å². The number of carbonyl (C=O) groups excluding carboxylic acids is 3. The number of nitrogens with zero attached hydrogens (tertiary/aromatic N) is 1. The minimum absolute atomic E-state index is 0.122. The van der Waals surface area contributed by atoms with E-state index in [9.17, 15) is 18.8 Å². The van der Waals surface area contributed by atoms with Crippen LogP contribution in [-0.2, 0) is 9.59 Å². The molecule has 0 saturated carbocycles. The molecule has 2 N–H and O–H groups in total. The molecule has 168 valence electrons. The fraction of sp³-hybridized carbons (Fsp3) is 0.0833. The molecule has 0 bridgehead atoms. The number of hydrogen-bond acceptors (Lipinski definition) is 6. The molecule has 0 aliphatic carbocycles. The minimum Gasteiger partial charge on any atom is -0.493 e. The van der Waals surface area contributed by atoms with Crippen LogP contribution < -0.4 is 20.2 Å². The number of methoxy groups -OCH3 is 1. The Balaban J connectivity index is 1.67. The summed E-state index contributed by atoms with van der Waals surface area (Å²) >= 11 is 0. The first-order chi connectivity index (χ1) is 15.9. The van der Waals surface area contributed by atoms with Crippen molar-refractivity contribution in [2.24, 2.45) is 5.10 Å². The van der Waals surface area contributed by atoms with Gasteiger partial charge in [0.25, 0.3) is 0 Å². The molecular weight excluding hydrogens is 429 g/mol. The Morgan fingerprint density at radius 3 is 2.24 bits per heavy atom. The van der Waals surface area contributed by atoms with Gasteiger partial charge in [-0.15, -0.1) is 0 Å². The molecule has 33 heavy (non-hydrogen) atoms. The standard InChI is InChI=1S/C24H20FN3O5/c1-15(27-28-23(30)22(29)26-19-11-7-6-10-18(19)25)17-12-13-20(21(14-17)32-2)33-24(31)16-8-4-3-5-9-16/h3-14H,1-2H3,(H,26,29)(H,28,30)/b27-15+. The van der Waals surface area contributed by atoms with Crippen molar-refractivity contribution >= 4 is 29.2 Å². The highest BCUT2D eigenvalue weighted by Gasteiger charge is 2.16. The Morgan fingerprint density at radius 1 is 0.848 bits per heavy atom. The van der Waals surface area contributed by atoms with Gasteiger partial charge >= 0.3 is 17.8 Å². The molecule has 9 heteroatoms. The second kappa shape index (κ2) is 10.7. The van der Waals surface area contributed by atoms with E-state index in [1.165, 1.54) is 31.4 Å². The van der Waals surface area contributed by atoms with E-state index in [-0.39, 0.29) is 17.2 Å². The smallest absolute Gasteiger partial charge is 0.343 e. The Labute approximate surface area is 189 Å². The molecule has 2 amide bonds. The van der Waals surface area contributed by atoms with Gasteiger partial charge in [-0.05, 0) is 49.4 Å². The van der Waals surface area contributed by atoms with E-state index in [0.717, 1.165) is 6.07 Å². The molecule has 3 rings (SSSR count). The summed E-state index contributed by atoms with van der Waals surface area (Å²) in [6.07, 6.45) is 0. The number of amides is 2. The number of halogens is 1. The van der Waals surface area contributed by atoms with Gasteiger partial charge in [0.05, 0.1) is 24.1 Å². The molecule has 0 atom stereocenters. The molecule has 3 aromatic carbocycles. The first-order valence-corrected chi connectivity index (χ1v) is 9.75. The second-order valence-electron chi connectivity index (χ2n) is 6.69. The lowest BCUT2D eigenvalue weighted by Gasteiger charge is -2.11. The summed E-state index contributed by atoms with van der Waals surface area (Å²) in [5.74, 6) is -2.87. The van der Waals surface area contributed by atoms with Gasteiger partial charge in [0.1, 0.15) is 5.82 Å². The Hall–Kier alpha value is -4.53. The summed E-state index contributed by atoms with van der Waals surface area (Å²) in [6, 6.07) is 18.7. The van der Waals surface area contributed by atoms with E-state index in [1.54, 1.807) is 49.4 Å². The van der Waals surface area contributed by atoms with Gasteiger partial charge in [-0.2, -0.15) is 5.10 Å². The summed E-state index contributed by atoms with van der Waals surface area (Å²) < 4.78 is 24.3. The van der Waals surface area contributed by atoms with E-state index in [0.29, 0.717) is 16.8 Å². The van der Waals surface area contributed by atoms with Crippen LogP contribution in [0.4, 0.5) is 10.1 Å². The fourth-order valence-corrected chi connectivity index (χ4v) is 2.70. The van der Waals surface area contributed by atoms with Crippen LogP contribution in [0.25, 0.3) is 0 Å². The third-order valence-electron chi connectivity index (χ3n) is 4.45. The molecule has 0 unspecified atom stereocenters. The van der Waals surface area contributed by atoms with Crippen molar-refractivity contribution in [3.05, 3.63) is 89.7 Å². The predicted molar refractivity (Wildman–Crippen MR) is 120 cm³/mol. The monoisotopic (exact) mass is 449 g/mol. The van der Waals surface area contributed by atoms with Crippen molar-refractivity contribution in [1.29, 1.82) is 0 Å². The lowest BCUT2D eigenvalue weighted by atomic mass is 10.1. The van der Waals surface area contributed by atoms with E-state index in [4.69, 9.17) is 9.47 Å². The van der Waals surface area contributed by atoms with Crippen LogP contribution in [0.3, 0.4) is 0 Å². The second-order valence-corrected chi connectivity index (χ2v) is 6.69. The van der Waals surface area contributed by atoms with Crippen molar-refractivity contribution in [2.75, 3.05) is 12.4 Å². The van der Waals surface area contributed by atoms with Gasteiger partial charge in [-0.3, -0.25) is 9.59 Å². The van der Waals surface area contributed by atoms with Crippen LogP contribution in [-0.4, -0.2) is 30.6 Å². The molecule has 0 radical (unpaired) electrons. The van der Waals surface area contributed by atoms with E-state index < -0.39 is 23.6 Å². The maximum atomic E-state index is 13.6. The van der Waals surface area contributed by atoms with Crippen LogP contribution in [0.2, 0.25) is 0 Å². The highest BCUT2D eigenvalue weighted by atomic mass is 19.1. The zero-order valence-corrected chi connectivity index (χ0v) is 17.8. The highest BCUT2D eigenvalue weighted by molar-refractivity contribution is 6.39. The van der Waals surface area contributed by atoms with Crippen LogP contribution in [0.15, 0.2) is 77.9 Å². The van der Waals surface area contributed by atoms with Gasteiger partial charge in [0.2, 0.25) is 0 Å².